The van der Waals surface area contributed by atoms with Crippen molar-refractivity contribution in [3.8, 4) is 0 Å². The van der Waals surface area contributed by atoms with E-state index in [0.29, 0.717) is 6.04 Å². The monoisotopic (exact) mass is 395 g/mol. The summed E-state index contributed by atoms with van der Waals surface area (Å²) in [6.07, 6.45) is 1.82. The molecule has 0 saturated carbocycles. The van der Waals surface area contributed by atoms with E-state index in [-0.39, 0.29) is 11.9 Å². The Kier molecular flexibility index (Phi) is 5.73. The lowest BCUT2D eigenvalue weighted by Gasteiger charge is -2.40. The summed E-state index contributed by atoms with van der Waals surface area (Å²) in [7, 11) is 0. The Morgan fingerprint density at radius 2 is 2.00 bits per heavy atom. The van der Waals surface area contributed by atoms with Crippen LogP contribution >= 0.6 is 15.9 Å². The Morgan fingerprint density at radius 3 is 2.62 bits per heavy atom. The van der Waals surface area contributed by atoms with Crippen LogP contribution in [0.3, 0.4) is 0 Å². The van der Waals surface area contributed by atoms with Crippen LogP contribution in [0.25, 0.3) is 0 Å². The number of carbonyl (C=O) groups is 1. The summed E-state index contributed by atoms with van der Waals surface area (Å²) < 4.78 is 0.984. The van der Waals surface area contributed by atoms with Gasteiger partial charge in [0.1, 0.15) is 5.82 Å². The van der Waals surface area contributed by atoms with Gasteiger partial charge in [0, 0.05) is 62.5 Å². The highest BCUT2D eigenvalue weighted by Crippen LogP contribution is 2.17. The van der Waals surface area contributed by atoms with Gasteiger partial charge in [0.2, 0.25) is 5.91 Å². The van der Waals surface area contributed by atoms with Gasteiger partial charge in [-0.1, -0.05) is 0 Å². The maximum absolute atomic E-state index is 12.8. The summed E-state index contributed by atoms with van der Waals surface area (Å²) in [4.78, 5) is 23.9. The molecule has 24 heavy (non-hydrogen) atoms. The lowest BCUT2D eigenvalue weighted by Crippen LogP contribution is -2.61. The van der Waals surface area contributed by atoms with Crippen LogP contribution < -0.4 is 10.2 Å². The fourth-order valence-corrected chi connectivity index (χ4v) is 3.57. The second kappa shape index (κ2) is 7.80. The number of amides is 1. The fourth-order valence-electron chi connectivity index (χ4n) is 3.34. The highest BCUT2D eigenvalue weighted by atomic mass is 79.9. The highest BCUT2D eigenvalue weighted by Gasteiger charge is 2.31. The summed E-state index contributed by atoms with van der Waals surface area (Å²) in [6.45, 7) is 10.3. The number of piperazine rings is 2. The first-order valence-corrected chi connectivity index (χ1v) is 9.46. The van der Waals surface area contributed by atoms with E-state index in [1.165, 1.54) is 0 Å². The molecular weight excluding hydrogens is 370 g/mol. The van der Waals surface area contributed by atoms with E-state index >= 15 is 0 Å². The lowest BCUT2D eigenvalue weighted by atomic mass is 10.1. The smallest absolute Gasteiger partial charge is 0.241 e. The molecule has 1 amide bonds. The number of halogens is 1. The Labute approximate surface area is 152 Å². The Morgan fingerprint density at radius 1 is 1.25 bits per heavy atom. The molecule has 0 spiro atoms. The van der Waals surface area contributed by atoms with Crippen molar-refractivity contribution in [2.45, 2.75) is 25.9 Å². The summed E-state index contributed by atoms with van der Waals surface area (Å²) in [5, 5.41) is 3.39. The zero-order chi connectivity index (χ0) is 17.1. The molecule has 0 radical (unpaired) electrons. The van der Waals surface area contributed by atoms with Crippen molar-refractivity contribution in [1.82, 2.24) is 20.1 Å². The molecule has 1 unspecified atom stereocenters. The fraction of sp³-hybridized carbons (Fsp3) is 0.647. The number of carbonyl (C=O) groups excluding carboxylic acids is 1. The molecule has 2 fully saturated rings. The Bertz CT molecular complexity index is 557. The average molecular weight is 396 g/mol. The largest absolute Gasteiger partial charge is 0.353 e. The minimum absolute atomic E-state index is 0.0708. The van der Waals surface area contributed by atoms with Gasteiger partial charge in [-0.15, -0.1) is 0 Å². The van der Waals surface area contributed by atoms with Crippen LogP contribution in [0.15, 0.2) is 22.8 Å². The third-order valence-corrected chi connectivity index (χ3v) is 5.33. The van der Waals surface area contributed by atoms with E-state index in [2.05, 4.69) is 49.9 Å². The lowest BCUT2D eigenvalue weighted by molar-refractivity contribution is -0.135. The summed E-state index contributed by atoms with van der Waals surface area (Å²) in [5.74, 6) is 1.22. The molecule has 2 aliphatic rings. The Balaban J connectivity index is 1.54. The number of hydrogen-bond donors (Lipinski definition) is 1. The van der Waals surface area contributed by atoms with Crippen molar-refractivity contribution in [3.05, 3.63) is 22.8 Å². The topological polar surface area (TPSA) is 51.7 Å². The van der Waals surface area contributed by atoms with Crippen molar-refractivity contribution >= 4 is 27.7 Å². The SMILES string of the molecule is CC(C)N1CCNC(C(=O)N2CCN(c3ccc(Br)cn3)CC2)C1. The van der Waals surface area contributed by atoms with E-state index in [1.54, 1.807) is 0 Å². The molecule has 0 bridgehead atoms. The third-order valence-electron chi connectivity index (χ3n) is 4.86. The van der Waals surface area contributed by atoms with Crippen molar-refractivity contribution in [1.29, 1.82) is 0 Å². The molecule has 1 N–H and O–H groups in total. The predicted molar refractivity (Wildman–Crippen MR) is 99.2 cm³/mol. The van der Waals surface area contributed by atoms with E-state index < -0.39 is 0 Å². The van der Waals surface area contributed by atoms with Gasteiger partial charge in [-0.05, 0) is 41.9 Å². The first-order valence-electron chi connectivity index (χ1n) is 8.67. The molecule has 3 heterocycles. The second-order valence-corrected chi connectivity index (χ2v) is 7.66. The minimum atomic E-state index is -0.0708. The zero-order valence-corrected chi connectivity index (χ0v) is 16.0. The number of pyridine rings is 1. The molecule has 1 aromatic heterocycles. The summed E-state index contributed by atoms with van der Waals surface area (Å²) >= 11 is 3.41. The molecule has 2 saturated heterocycles. The maximum atomic E-state index is 12.8. The van der Waals surface area contributed by atoms with Gasteiger partial charge in [-0.2, -0.15) is 0 Å². The van der Waals surface area contributed by atoms with E-state index in [9.17, 15) is 4.79 Å². The average Bonchev–Trinajstić information content (AvgIpc) is 2.62. The first kappa shape index (κ1) is 17.6. The number of anilines is 1. The van der Waals surface area contributed by atoms with Crippen molar-refractivity contribution in [2.75, 3.05) is 50.7 Å². The number of nitrogens with zero attached hydrogens (tertiary/aromatic N) is 4. The van der Waals surface area contributed by atoms with Gasteiger partial charge in [0.15, 0.2) is 0 Å². The molecule has 2 aliphatic heterocycles. The van der Waals surface area contributed by atoms with Crippen molar-refractivity contribution in [2.24, 2.45) is 0 Å². The molecule has 3 rings (SSSR count). The van der Waals surface area contributed by atoms with Gasteiger partial charge >= 0.3 is 0 Å². The van der Waals surface area contributed by atoms with Crippen LogP contribution in [0.5, 0.6) is 0 Å². The molecule has 0 aromatic carbocycles. The van der Waals surface area contributed by atoms with Gasteiger partial charge in [-0.3, -0.25) is 9.69 Å². The molecule has 132 valence electrons. The molecule has 1 atom stereocenters. The van der Waals surface area contributed by atoms with Gasteiger partial charge in [-0.25, -0.2) is 4.98 Å². The normalized spacial score (nSPS) is 22.9. The van der Waals surface area contributed by atoms with Crippen LogP contribution in [0, 0.1) is 0 Å². The molecule has 7 heteroatoms. The second-order valence-electron chi connectivity index (χ2n) is 6.74. The summed E-state index contributed by atoms with van der Waals surface area (Å²) in [6, 6.07) is 4.44. The first-order chi connectivity index (χ1) is 11.5. The summed E-state index contributed by atoms with van der Waals surface area (Å²) in [5.41, 5.74) is 0. The minimum Gasteiger partial charge on any atom is -0.353 e. The van der Waals surface area contributed by atoms with Crippen LogP contribution in [-0.4, -0.2) is 78.6 Å². The Hall–Kier alpha value is -1.18. The van der Waals surface area contributed by atoms with Crippen LogP contribution in [-0.2, 0) is 4.79 Å². The van der Waals surface area contributed by atoms with Crippen LogP contribution in [0.2, 0.25) is 0 Å². The number of hydrogen-bond acceptors (Lipinski definition) is 5. The quantitative estimate of drug-likeness (QED) is 0.832. The van der Waals surface area contributed by atoms with Crippen LogP contribution in [0.4, 0.5) is 5.82 Å². The standard InChI is InChI=1S/C17H26BrN5O/c1-13(2)23-6-5-19-15(12-23)17(24)22-9-7-21(8-10-22)16-4-3-14(18)11-20-16/h3-4,11,13,15,19H,5-10,12H2,1-2H3. The van der Waals surface area contributed by atoms with E-state index in [0.717, 1.165) is 56.1 Å². The van der Waals surface area contributed by atoms with Gasteiger partial charge in [0.25, 0.3) is 0 Å². The van der Waals surface area contributed by atoms with Crippen molar-refractivity contribution in [3.63, 3.8) is 0 Å². The maximum Gasteiger partial charge on any atom is 0.241 e. The van der Waals surface area contributed by atoms with E-state index in [4.69, 9.17) is 0 Å². The molecule has 1 aromatic rings. The third kappa shape index (κ3) is 4.07. The molecule has 6 nitrogen and oxygen atoms in total. The number of nitrogens with one attached hydrogen (secondary N) is 1. The number of aromatic nitrogens is 1. The van der Waals surface area contributed by atoms with E-state index in [1.807, 2.05) is 23.2 Å². The molecule has 0 aliphatic carbocycles. The van der Waals surface area contributed by atoms with Gasteiger partial charge in [0.05, 0.1) is 6.04 Å². The molecular formula is C17H26BrN5O. The van der Waals surface area contributed by atoms with Crippen molar-refractivity contribution < 1.29 is 4.79 Å². The predicted octanol–water partition coefficient (Wildman–Crippen LogP) is 1.17. The zero-order valence-electron chi connectivity index (χ0n) is 14.4. The van der Waals surface area contributed by atoms with Crippen LogP contribution in [0.1, 0.15) is 13.8 Å². The highest BCUT2D eigenvalue weighted by molar-refractivity contribution is 9.10. The number of rotatable bonds is 3. The van der Waals surface area contributed by atoms with Gasteiger partial charge < -0.3 is 15.1 Å².